The normalized spacial score (nSPS) is 18.6. The number of benzene rings is 3. The third kappa shape index (κ3) is 7.78. The van der Waals surface area contributed by atoms with Crippen LogP contribution in [0.3, 0.4) is 0 Å². The average molecular weight is 721 g/mol. The summed E-state index contributed by atoms with van der Waals surface area (Å²) in [6.07, 6.45) is 3.73. The number of amides is 1. The highest BCUT2D eigenvalue weighted by Gasteiger charge is 2.37. The molecular formula is C38H39Cl2N3O7. The molecule has 2 bridgehead atoms. The number of phenols is 1. The van der Waals surface area contributed by atoms with Gasteiger partial charge >= 0.3 is 12.1 Å². The fourth-order valence-corrected chi connectivity index (χ4v) is 7.13. The summed E-state index contributed by atoms with van der Waals surface area (Å²) in [7, 11) is 3.07. The summed E-state index contributed by atoms with van der Waals surface area (Å²) in [4.78, 5) is 35.3. The monoisotopic (exact) mass is 719 g/mol. The molecule has 1 N–H and O–H groups in total. The lowest BCUT2D eigenvalue weighted by Gasteiger charge is -2.44. The van der Waals surface area contributed by atoms with Crippen LogP contribution >= 0.6 is 23.2 Å². The number of rotatable bonds is 11. The molecule has 4 aromatic rings. The fraction of sp³-hybridized carbons (Fsp3) is 0.342. The molecule has 0 aliphatic carbocycles. The van der Waals surface area contributed by atoms with Gasteiger partial charge in [-0.1, -0.05) is 47.5 Å². The second kappa shape index (κ2) is 15.6. The summed E-state index contributed by atoms with van der Waals surface area (Å²) >= 11 is 12.9. The smallest absolute Gasteiger partial charge is 0.414 e. The Morgan fingerprint density at radius 2 is 1.68 bits per heavy atom. The van der Waals surface area contributed by atoms with Crippen molar-refractivity contribution in [2.24, 2.45) is 5.92 Å². The number of hydrogen-bond acceptors (Lipinski definition) is 9. The Balaban J connectivity index is 1.22. The molecule has 1 aromatic heterocycles. The van der Waals surface area contributed by atoms with Crippen LogP contribution in [0.15, 0.2) is 73.1 Å². The van der Waals surface area contributed by atoms with Crippen LogP contribution in [-0.2, 0) is 22.4 Å². The highest BCUT2D eigenvalue weighted by atomic mass is 35.5. The lowest BCUT2D eigenvalue weighted by molar-refractivity contribution is -0.0311. The Labute approximate surface area is 301 Å². The Morgan fingerprint density at radius 1 is 0.980 bits per heavy atom. The molecule has 3 saturated heterocycles. The van der Waals surface area contributed by atoms with Crippen molar-refractivity contribution >= 4 is 41.0 Å². The third-order valence-electron chi connectivity index (χ3n) is 9.54. The van der Waals surface area contributed by atoms with Crippen LogP contribution in [0.2, 0.25) is 10.0 Å². The van der Waals surface area contributed by atoms with Gasteiger partial charge in [0.15, 0.2) is 11.5 Å². The zero-order valence-corrected chi connectivity index (χ0v) is 29.6. The summed E-state index contributed by atoms with van der Waals surface area (Å²) in [5.41, 5.74) is 3.40. The molecule has 3 fully saturated rings. The number of methoxy groups -OCH3 is 2. The number of nitrogens with zero attached hydrogens (tertiary/aromatic N) is 3. The fourth-order valence-electron chi connectivity index (χ4n) is 6.61. The van der Waals surface area contributed by atoms with E-state index in [0.717, 1.165) is 38.0 Å². The van der Waals surface area contributed by atoms with Crippen LogP contribution in [-0.4, -0.2) is 67.0 Å². The highest BCUT2D eigenvalue weighted by molar-refractivity contribution is 6.35. The van der Waals surface area contributed by atoms with Gasteiger partial charge in [0, 0.05) is 30.9 Å². The minimum atomic E-state index is -0.787. The van der Waals surface area contributed by atoms with Gasteiger partial charge in [-0.3, -0.25) is 14.8 Å². The van der Waals surface area contributed by atoms with E-state index in [2.05, 4.69) is 9.88 Å². The number of phenolic OH excluding ortho intramolecular Hbond substituents is 1. The zero-order chi connectivity index (χ0) is 35.4. The van der Waals surface area contributed by atoms with Gasteiger partial charge in [0.05, 0.1) is 42.1 Å². The Kier molecular flexibility index (Phi) is 11.0. The van der Waals surface area contributed by atoms with E-state index in [4.69, 9.17) is 42.1 Å². The molecule has 0 unspecified atom stereocenters. The number of aromatic nitrogens is 1. The van der Waals surface area contributed by atoms with Gasteiger partial charge in [-0.05, 0) is 91.9 Å². The summed E-state index contributed by atoms with van der Waals surface area (Å²) < 4.78 is 23.1. The van der Waals surface area contributed by atoms with Gasteiger partial charge in [-0.2, -0.15) is 0 Å². The van der Waals surface area contributed by atoms with Crippen LogP contribution in [0.1, 0.15) is 51.6 Å². The maximum atomic E-state index is 13.8. The Hall–Kier alpha value is -4.51. The van der Waals surface area contributed by atoms with Gasteiger partial charge in [0.1, 0.15) is 18.0 Å². The summed E-state index contributed by atoms with van der Waals surface area (Å²) in [5.74, 6) is 0.856. The van der Waals surface area contributed by atoms with Gasteiger partial charge in [-0.25, -0.2) is 9.59 Å². The van der Waals surface area contributed by atoms with Crippen molar-refractivity contribution in [2.75, 3.05) is 38.8 Å². The minimum absolute atomic E-state index is 0.0830. The maximum Gasteiger partial charge on any atom is 0.414 e. The van der Waals surface area contributed by atoms with E-state index in [1.54, 1.807) is 74.7 Å². The van der Waals surface area contributed by atoms with E-state index in [1.807, 2.05) is 0 Å². The van der Waals surface area contributed by atoms with E-state index >= 15 is 0 Å². The standard InChI is InChI=1S/C38H39Cl2N3O7/c1-23-31(5-4-6-32(23)44)43(38(46)50-36-22-42-15-13-25(36)14-16-42)21-24-7-9-26(10-8-24)37(45)49-34(18-28-29(39)19-41-20-30(28)40)27-11-12-33(47-2)35(17-27)48-3/h4-12,17,19-20,25,34,36,44H,13-16,18,21-22H2,1-3H3/t34-,36-/m0/s1. The number of hydrogen-bond donors (Lipinski definition) is 1. The van der Waals surface area contributed by atoms with E-state index in [1.165, 1.54) is 24.4 Å². The topological polar surface area (TPSA) is 111 Å². The van der Waals surface area contributed by atoms with Gasteiger partial charge < -0.3 is 24.1 Å². The quantitative estimate of drug-likeness (QED) is 0.155. The highest BCUT2D eigenvalue weighted by Crippen LogP contribution is 2.36. The van der Waals surface area contributed by atoms with Crippen LogP contribution in [0.4, 0.5) is 10.5 Å². The molecule has 0 saturated carbocycles. The number of pyridine rings is 1. The molecule has 2 atom stereocenters. The molecule has 10 nitrogen and oxygen atoms in total. The van der Waals surface area contributed by atoms with Crippen molar-refractivity contribution in [3.63, 3.8) is 0 Å². The molecule has 7 rings (SSSR count). The SMILES string of the molecule is COc1ccc([C@H](Cc2c(Cl)cncc2Cl)OC(=O)c2ccc(CN(C(=O)O[C@H]3CN4CCC3CC4)c3cccc(O)c3C)cc2)cc1OC. The van der Waals surface area contributed by atoms with Crippen molar-refractivity contribution in [2.45, 2.75) is 44.9 Å². The molecule has 0 radical (unpaired) electrons. The predicted octanol–water partition coefficient (Wildman–Crippen LogP) is 7.80. The molecule has 3 aliphatic heterocycles. The van der Waals surface area contributed by atoms with Crippen molar-refractivity contribution in [3.8, 4) is 17.2 Å². The molecule has 50 heavy (non-hydrogen) atoms. The molecule has 12 heteroatoms. The van der Waals surface area contributed by atoms with Crippen LogP contribution in [0, 0.1) is 12.8 Å². The maximum absolute atomic E-state index is 13.8. The first kappa shape index (κ1) is 35.3. The van der Waals surface area contributed by atoms with Crippen LogP contribution < -0.4 is 14.4 Å². The number of carbonyl (C=O) groups excluding carboxylic acids is 2. The Bertz CT molecular complexity index is 1830. The summed E-state index contributed by atoms with van der Waals surface area (Å²) in [5, 5.41) is 11.2. The second-order valence-corrected chi connectivity index (χ2v) is 13.4. The van der Waals surface area contributed by atoms with Crippen molar-refractivity contribution in [1.82, 2.24) is 9.88 Å². The third-order valence-corrected chi connectivity index (χ3v) is 10.2. The number of aromatic hydroxyl groups is 1. The van der Waals surface area contributed by atoms with Gasteiger partial charge in [0.2, 0.25) is 0 Å². The van der Waals surface area contributed by atoms with Crippen LogP contribution in [0.25, 0.3) is 0 Å². The summed E-state index contributed by atoms with van der Waals surface area (Å²) in [6.45, 7) is 4.71. The zero-order valence-electron chi connectivity index (χ0n) is 28.1. The lowest BCUT2D eigenvalue weighted by Crippen LogP contribution is -2.53. The molecule has 1 amide bonds. The van der Waals surface area contributed by atoms with Crippen LogP contribution in [0.5, 0.6) is 17.2 Å². The van der Waals surface area contributed by atoms with E-state index in [-0.39, 0.29) is 24.8 Å². The first-order valence-electron chi connectivity index (χ1n) is 16.4. The van der Waals surface area contributed by atoms with Gasteiger partial charge in [0.25, 0.3) is 0 Å². The lowest BCUT2D eigenvalue weighted by atomic mass is 9.86. The number of fused-ring (bicyclic) bond motifs is 3. The average Bonchev–Trinajstić information content (AvgIpc) is 3.13. The molecular weight excluding hydrogens is 681 g/mol. The number of ether oxygens (including phenoxy) is 4. The van der Waals surface area contributed by atoms with Crippen molar-refractivity contribution in [3.05, 3.63) is 111 Å². The predicted molar refractivity (Wildman–Crippen MR) is 191 cm³/mol. The summed E-state index contributed by atoms with van der Waals surface area (Å²) in [6, 6.07) is 17.2. The first-order chi connectivity index (χ1) is 24.1. The molecule has 4 heterocycles. The first-order valence-corrected chi connectivity index (χ1v) is 17.2. The van der Waals surface area contributed by atoms with E-state index in [9.17, 15) is 14.7 Å². The minimum Gasteiger partial charge on any atom is -0.508 e. The molecule has 3 aliphatic rings. The van der Waals surface area contributed by atoms with E-state index < -0.39 is 18.2 Å². The second-order valence-electron chi connectivity index (χ2n) is 12.6. The molecule has 262 valence electrons. The van der Waals surface area contributed by atoms with E-state index in [0.29, 0.717) is 55.4 Å². The Morgan fingerprint density at radius 3 is 2.32 bits per heavy atom. The molecule has 3 aromatic carbocycles. The van der Waals surface area contributed by atoms with Crippen molar-refractivity contribution < 1.29 is 33.6 Å². The number of piperidine rings is 3. The van der Waals surface area contributed by atoms with Crippen molar-refractivity contribution in [1.29, 1.82) is 0 Å². The number of esters is 1. The largest absolute Gasteiger partial charge is 0.508 e. The van der Waals surface area contributed by atoms with Gasteiger partial charge in [-0.15, -0.1) is 0 Å². The number of anilines is 1. The molecule has 0 spiro atoms. The number of carbonyl (C=O) groups is 2. The number of halogens is 2.